The number of piperidine rings is 1. The molecule has 17 heavy (non-hydrogen) atoms. The van der Waals surface area contributed by atoms with Gasteiger partial charge in [0.2, 0.25) is 5.91 Å². The quantitative estimate of drug-likeness (QED) is 0.831. The molecule has 1 fully saturated rings. The first kappa shape index (κ1) is 16.7. The second kappa shape index (κ2) is 6.60. The zero-order valence-electron chi connectivity index (χ0n) is 11.5. The van der Waals surface area contributed by atoms with E-state index in [-0.39, 0.29) is 35.8 Å². The Morgan fingerprint density at radius 1 is 1.41 bits per heavy atom. The highest BCUT2D eigenvalue weighted by Crippen LogP contribution is 2.25. The maximum atomic E-state index is 12.2. The van der Waals surface area contributed by atoms with Crippen molar-refractivity contribution in [2.75, 3.05) is 6.54 Å². The molecule has 0 aromatic carbocycles. The third kappa shape index (κ3) is 5.26. The van der Waals surface area contributed by atoms with Crippen LogP contribution in [-0.4, -0.2) is 29.4 Å². The maximum Gasteiger partial charge on any atom is 0.223 e. The highest BCUT2D eigenvalue weighted by molar-refractivity contribution is 5.85. The highest BCUT2D eigenvalue weighted by Gasteiger charge is 2.30. The van der Waals surface area contributed by atoms with Gasteiger partial charge in [0.05, 0.1) is 0 Å². The fraction of sp³-hybridized carbons (Fsp3) is 0.923. The van der Waals surface area contributed by atoms with Gasteiger partial charge in [-0.3, -0.25) is 4.79 Å². The highest BCUT2D eigenvalue weighted by atomic mass is 35.5. The molecule has 1 aliphatic rings. The summed E-state index contributed by atoms with van der Waals surface area (Å²) in [5.74, 6) is 0.273. The van der Waals surface area contributed by atoms with Crippen LogP contribution in [0.15, 0.2) is 0 Å². The molecule has 1 aliphatic heterocycles. The molecule has 1 amide bonds. The Morgan fingerprint density at radius 2 is 2.00 bits per heavy atom. The van der Waals surface area contributed by atoms with E-state index >= 15 is 0 Å². The van der Waals surface area contributed by atoms with E-state index in [4.69, 9.17) is 5.73 Å². The average Bonchev–Trinajstić information content (AvgIpc) is 2.15. The van der Waals surface area contributed by atoms with Gasteiger partial charge in [-0.15, -0.1) is 12.4 Å². The van der Waals surface area contributed by atoms with E-state index in [9.17, 15) is 4.79 Å². The van der Waals surface area contributed by atoms with Crippen LogP contribution in [0.2, 0.25) is 0 Å². The summed E-state index contributed by atoms with van der Waals surface area (Å²) in [6.45, 7) is 9.22. The number of rotatable bonds is 2. The monoisotopic (exact) mass is 262 g/mol. The van der Waals surface area contributed by atoms with Gasteiger partial charge in [-0.25, -0.2) is 0 Å². The van der Waals surface area contributed by atoms with Crippen LogP contribution in [0.4, 0.5) is 0 Å². The molecule has 0 spiro atoms. The van der Waals surface area contributed by atoms with E-state index < -0.39 is 0 Å². The van der Waals surface area contributed by atoms with Gasteiger partial charge in [0.1, 0.15) is 0 Å². The zero-order chi connectivity index (χ0) is 12.3. The Labute approximate surface area is 112 Å². The molecule has 4 heteroatoms. The van der Waals surface area contributed by atoms with Crippen LogP contribution in [0.25, 0.3) is 0 Å². The van der Waals surface area contributed by atoms with Crippen molar-refractivity contribution >= 4 is 18.3 Å². The Hall–Kier alpha value is -0.280. The molecule has 2 unspecified atom stereocenters. The van der Waals surface area contributed by atoms with Crippen LogP contribution in [0.3, 0.4) is 0 Å². The Bertz CT molecular complexity index is 248. The SMILES string of the molecule is CC(N)C1CCCCN1C(=O)CC(C)(C)C.Cl. The van der Waals surface area contributed by atoms with Crippen molar-refractivity contribution < 1.29 is 4.79 Å². The molecule has 0 saturated carbocycles. The van der Waals surface area contributed by atoms with Gasteiger partial charge in [-0.2, -0.15) is 0 Å². The van der Waals surface area contributed by atoms with Crippen LogP contribution in [0.5, 0.6) is 0 Å². The number of carbonyl (C=O) groups is 1. The predicted octanol–water partition coefficient (Wildman–Crippen LogP) is 2.57. The summed E-state index contributed by atoms with van der Waals surface area (Å²) in [7, 11) is 0. The number of nitrogens with zero attached hydrogens (tertiary/aromatic N) is 1. The summed E-state index contributed by atoms with van der Waals surface area (Å²) < 4.78 is 0. The number of halogens is 1. The van der Waals surface area contributed by atoms with Crippen molar-refractivity contribution in [3.05, 3.63) is 0 Å². The van der Waals surface area contributed by atoms with Gasteiger partial charge in [0.25, 0.3) is 0 Å². The lowest BCUT2D eigenvalue weighted by molar-refractivity contribution is -0.137. The summed E-state index contributed by atoms with van der Waals surface area (Å²) in [6.07, 6.45) is 4.01. The molecule has 1 saturated heterocycles. The maximum absolute atomic E-state index is 12.2. The molecule has 0 bridgehead atoms. The largest absolute Gasteiger partial charge is 0.338 e. The van der Waals surface area contributed by atoms with Gasteiger partial charge in [0.15, 0.2) is 0 Å². The lowest BCUT2D eigenvalue weighted by Crippen LogP contribution is -2.52. The number of nitrogens with two attached hydrogens (primary N) is 1. The van der Waals surface area contributed by atoms with E-state index in [1.165, 1.54) is 6.42 Å². The van der Waals surface area contributed by atoms with Crippen LogP contribution in [0, 0.1) is 5.41 Å². The van der Waals surface area contributed by atoms with E-state index in [1.807, 2.05) is 11.8 Å². The molecule has 3 nitrogen and oxygen atoms in total. The summed E-state index contributed by atoms with van der Waals surface area (Å²) in [5, 5.41) is 0. The second-order valence-electron chi connectivity index (χ2n) is 6.25. The molecule has 2 N–H and O–H groups in total. The molecule has 0 aromatic rings. The topological polar surface area (TPSA) is 46.3 Å². The number of hydrogen-bond acceptors (Lipinski definition) is 2. The van der Waals surface area contributed by atoms with Crippen molar-refractivity contribution in [1.29, 1.82) is 0 Å². The molecule has 0 aromatic heterocycles. The van der Waals surface area contributed by atoms with Crippen LogP contribution in [0.1, 0.15) is 53.4 Å². The van der Waals surface area contributed by atoms with Crippen molar-refractivity contribution in [2.45, 2.75) is 65.5 Å². The van der Waals surface area contributed by atoms with Gasteiger partial charge >= 0.3 is 0 Å². The summed E-state index contributed by atoms with van der Waals surface area (Å²) in [4.78, 5) is 14.2. The van der Waals surface area contributed by atoms with Crippen LogP contribution < -0.4 is 5.73 Å². The molecule has 102 valence electrons. The molecular weight excluding hydrogens is 236 g/mol. The molecular formula is C13H27ClN2O. The lowest BCUT2D eigenvalue weighted by atomic mass is 9.89. The van der Waals surface area contributed by atoms with Crippen molar-refractivity contribution in [3.8, 4) is 0 Å². The number of hydrogen-bond donors (Lipinski definition) is 1. The first-order valence-electron chi connectivity index (χ1n) is 6.36. The van der Waals surface area contributed by atoms with E-state index in [1.54, 1.807) is 0 Å². The number of likely N-dealkylation sites (tertiary alicyclic amines) is 1. The molecule has 1 heterocycles. The number of carbonyl (C=O) groups excluding carboxylic acids is 1. The number of amides is 1. The second-order valence-corrected chi connectivity index (χ2v) is 6.25. The van der Waals surface area contributed by atoms with E-state index in [2.05, 4.69) is 20.8 Å². The molecule has 2 atom stereocenters. The average molecular weight is 263 g/mol. The predicted molar refractivity (Wildman–Crippen MR) is 74.3 cm³/mol. The Kier molecular flexibility index (Phi) is 6.49. The van der Waals surface area contributed by atoms with Crippen molar-refractivity contribution in [3.63, 3.8) is 0 Å². The molecule has 0 radical (unpaired) electrons. The van der Waals surface area contributed by atoms with Crippen LogP contribution in [-0.2, 0) is 4.79 Å². The van der Waals surface area contributed by atoms with Gasteiger partial charge in [0, 0.05) is 25.0 Å². The minimum Gasteiger partial charge on any atom is -0.338 e. The molecule has 1 rings (SSSR count). The smallest absolute Gasteiger partial charge is 0.223 e. The zero-order valence-corrected chi connectivity index (χ0v) is 12.3. The van der Waals surface area contributed by atoms with Crippen molar-refractivity contribution in [2.24, 2.45) is 11.1 Å². The minimum atomic E-state index is 0. The van der Waals surface area contributed by atoms with Gasteiger partial charge in [-0.05, 0) is 31.6 Å². The Balaban J connectivity index is 0.00000256. The first-order chi connectivity index (χ1) is 7.31. The fourth-order valence-electron chi connectivity index (χ4n) is 2.37. The summed E-state index contributed by atoms with van der Waals surface area (Å²) in [5.41, 5.74) is 6.03. The van der Waals surface area contributed by atoms with Gasteiger partial charge < -0.3 is 10.6 Å². The standard InChI is InChI=1S/C13H26N2O.ClH/c1-10(14)11-7-5-6-8-15(11)12(16)9-13(2,3)4;/h10-11H,5-9,14H2,1-4H3;1H. The third-order valence-corrected chi connectivity index (χ3v) is 3.16. The summed E-state index contributed by atoms with van der Waals surface area (Å²) >= 11 is 0. The van der Waals surface area contributed by atoms with Crippen molar-refractivity contribution in [1.82, 2.24) is 4.90 Å². The first-order valence-corrected chi connectivity index (χ1v) is 6.36. The molecule has 0 aliphatic carbocycles. The van der Waals surface area contributed by atoms with E-state index in [0.29, 0.717) is 6.42 Å². The van der Waals surface area contributed by atoms with Crippen LogP contribution >= 0.6 is 12.4 Å². The minimum absolute atomic E-state index is 0. The van der Waals surface area contributed by atoms with Gasteiger partial charge in [-0.1, -0.05) is 20.8 Å². The summed E-state index contributed by atoms with van der Waals surface area (Å²) in [6, 6.07) is 0.341. The van der Waals surface area contributed by atoms with E-state index in [0.717, 1.165) is 19.4 Å². The Morgan fingerprint density at radius 3 is 2.47 bits per heavy atom. The normalized spacial score (nSPS) is 22.9. The fourth-order valence-corrected chi connectivity index (χ4v) is 2.37. The lowest BCUT2D eigenvalue weighted by Gasteiger charge is -2.39. The third-order valence-electron chi connectivity index (χ3n) is 3.16.